The number of hydrogen-bond donors (Lipinski definition) is 0. The molecule has 4 aromatic rings. The zero-order valence-corrected chi connectivity index (χ0v) is 18.4. The van der Waals surface area contributed by atoms with Gasteiger partial charge in [-0.15, -0.1) is 0 Å². The predicted molar refractivity (Wildman–Crippen MR) is 118 cm³/mol. The fourth-order valence-corrected chi connectivity index (χ4v) is 6.47. The summed E-state index contributed by atoms with van der Waals surface area (Å²) in [6, 6.07) is 19.0. The van der Waals surface area contributed by atoms with Gasteiger partial charge >= 0.3 is 0 Å². The molecule has 1 aliphatic rings. The minimum Gasteiger partial charge on any atom is -0.242 e. The summed E-state index contributed by atoms with van der Waals surface area (Å²) in [6.45, 7) is 0. The van der Waals surface area contributed by atoms with Crippen molar-refractivity contribution in [1.29, 1.82) is 0 Å². The van der Waals surface area contributed by atoms with Crippen molar-refractivity contribution in [3.8, 4) is 0 Å². The molecule has 0 fully saturated rings. The lowest BCUT2D eigenvalue weighted by atomic mass is 10.0. The lowest BCUT2D eigenvalue weighted by Gasteiger charge is -2.09. The van der Waals surface area contributed by atoms with Gasteiger partial charge in [0.25, 0.3) is 0 Å². The van der Waals surface area contributed by atoms with Crippen LogP contribution in [0.3, 0.4) is 0 Å². The predicted octanol–water partition coefficient (Wildman–Crippen LogP) is 3.76. The molecule has 3 aromatic carbocycles. The van der Waals surface area contributed by atoms with Crippen LogP contribution in [0.4, 0.5) is 10.1 Å². The van der Waals surface area contributed by atoms with Gasteiger partial charge < -0.3 is 0 Å². The van der Waals surface area contributed by atoms with E-state index in [0.717, 1.165) is 6.33 Å². The Morgan fingerprint density at radius 1 is 0.818 bits per heavy atom. The number of fused-ring (bicyclic) bond motifs is 2. The highest BCUT2D eigenvalue weighted by Gasteiger charge is 2.36. The van der Waals surface area contributed by atoms with Crippen molar-refractivity contribution in [1.82, 2.24) is 9.97 Å². The maximum absolute atomic E-state index is 14.0. The van der Waals surface area contributed by atoms with Crippen molar-refractivity contribution in [2.45, 2.75) is 19.8 Å². The van der Waals surface area contributed by atoms with Gasteiger partial charge in [0.1, 0.15) is 17.8 Å². The second kappa shape index (κ2) is 7.68. The quantitative estimate of drug-likeness (QED) is 0.365. The van der Waals surface area contributed by atoms with Gasteiger partial charge in [-0.1, -0.05) is 48.5 Å². The van der Waals surface area contributed by atoms with E-state index >= 15 is 0 Å². The van der Waals surface area contributed by atoms with Crippen molar-refractivity contribution in [2.24, 2.45) is 4.99 Å². The summed E-state index contributed by atoms with van der Waals surface area (Å²) in [5, 5.41) is -1.09. The molecule has 0 unspecified atom stereocenters. The first kappa shape index (κ1) is 21.1. The molecular formula is C23H14FN3O4S2. The van der Waals surface area contributed by atoms with Crippen molar-refractivity contribution in [3.05, 3.63) is 102 Å². The number of halogens is 1. The summed E-state index contributed by atoms with van der Waals surface area (Å²) >= 11 is 0. The first-order valence-corrected chi connectivity index (χ1v) is 12.6. The fraction of sp³-hybridized carbons (Fsp3) is 0. The van der Waals surface area contributed by atoms with Gasteiger partial charge in [0.2, 0.25) is 19.7 Å². The fourth-order valence-electron chi connectivity index (χ4n) is 3.58. The number of aromatic nitrogens is 2. The van der Waals surface area contributed by atoms with Crippen LogP contribution in [0.5, 0.6) is 0 Å². The van der Waals surface area contributed by atoms with Crippen molar-refractivity contribution in [2.75, 3.05) is 0 Å². The lowest BCUT2D eigenvalue weighted by molar-refractivity contribution is 0.587. The Labute approximate surface area is 189 Å². The molecule has 0 saturated heterocycles. The summed E-state index contributed by atoms with van der Waals surface area (Å²) < 4.78 is 67.9. The van der Waals surface area contributed by atoms with Crippen LogP contribution in [-0.4, -0.2) is 32.5 Å². The molecule has 0 amide bonds. The molecule has 0 aliphatic carbocycles. The summed E-state index contributed by atoms with van der Waals surface area (Å²) in [4.78, 5) is 12.1. The van der Waals surface area contributed by atoms with Crippen LogP contribution < -0.4 is 0 Å². The van der Waals surface area contributed by atoms with E-state index in [1.54, 1.807) is 30.3 Å². The molecule has 0 radical (unpaired) electrons. The molecule has 0 bridgehead atoms. The topological polar surface area (TPSA) is 106 Å². The molecule has 0 spiro atoms. The number of rotatable bonds is 3. The number of benzene rings is 3. The Bertz CT molecular complexity index is 1650. The van der Waals surface area contributed by atoms with E-state index in [1.807, 2.05) is 0 Å². The van der Waals surface area contributed by atoms with Crippen LogP contribution in [0.1, 0.15) is 11.1 Å². The number of sulfone groups is 2. The Morgan fingerprint density at radius 3 is 2.30 bits per heavy atom. The highest BCUT2D eigenvalue weighted by molar-refractivity contribution is 7.92. The van der Waals surface area contributed by atoms with E-state index < -0.39 is 41.2 Å². The van der Waals surface area contributed by atoms with Gasteiger partial charge in [0, 0.05) is 11.1 Å². The van der Waals surface area contributed by atoms with E-state index in [9.17, 15) is 21.2 Å². The van der Waals surface area contributed by atoms with E-state index in [1.165, 1.54) is 48.5 Å². The van der Waals surface area contributed by atoms with Crippen LogP contribution in [0.2, 0.25) is 0 Å². The number of hydrogen-bond acceptors (Lipinski definition) is 7. The molecule has 33 heavy (non-hydrogen) atoms. The average molecular weight is 480 g/mol. The van der Waals surface area contributed by atoms with Crippen molar-refractivity contribution < 1.29 is 21.2 Å². The molecule has 0 atom stereocenters. The third kappa shape index (κ3) is 3.43. The summed E-state index contributed by atoms with van der Waals surface area (Å²) in [5.74, 6) is -0.554. The Hall–Kier alpha value is -3.76. The molecule has 1 aliphatic heterocycles. The lowest BCUT2D eigenvalue weighted by Crippen LogP contribution is -2.11. The summed E-state index contributed by atoms with van der Waals surface area (Å²) in [5.41, 5.74) is 0.144. The molecule has 164 valence electrons. The molecule has 2 heterocycles. The highest BCUT2D eigenvalue weighted by Crippen LogP contribution is 2.39. The second-order valence-electron chi connectivity index (χ2n) is 7.12. The summed E-state index contributed by atoms with van der Waals surface area (Å²) in [7, 11) is -8.52. The van der Waals surface area contributed by atoms with Crippen LogP contribution in [0, 0.1) is 5.82 Å². The molecule has 0 N–H and O–H groups in total. The van der Waals surface area contributed by atoms with Crippen LogP contribution in [-0.2, 0) is 19.7 Å². The van der Waals surface area contributed by atoms with Gasteiger partial charge in [-0.25, -0.2) is 36.2 Å². The van der Waals surface area contributed by atoms with E-state index in [-0.39, 0.29) is 26.6 Å². The monoisotopic (exact) mass is 479 g/mol. The number of aliphatic imine (C=N–C) groups is 1. The molecule has 10 heteroatoms. The third-order valence-corrected chi connectivity index (χ3v) is 8.51. The van der Waals surface area contributed by atoms with Crippen molar-refractivity contribution in [3.63, 3.8) is 0 Å². The second-order valence-corrected chi connectivity index (χ2v) is 10.8. The smallest absolute Gasteiger partial charge is 0.226 e. The number of nitrogens with zero attached hydrogens (tertiary/aromatic N) is 3. The molecule has 0 saturated carbocycles. The first-order valence-electron chi connectivity index (χ1n) is 9.64. The first-order chi connectivity index (χ1) is 15.8. The third-order valence-electron chi connectivity index (χ3n) is 5.07. The van der Waals surface area contributed by atoms with E-state index in [2.05, 4.69) is 15.0 Å². The standard InChI is InChI=1S/C23H14FN3O4S2/c24-16-8-6-7-15(13-16)20-18-11-4-5-12-19(18)33(30,31)23-21(27-20)22(25-14-26-23)32(28,29)17-9-2-1-3-10-17/h1-14H. The summed E-state index contributed by atoms with van der Waals surface area (Å²) in [6.07, 6.45) is 0.886. The largest absolute Gasteiger partial charge is 0.242 e. The zero-order valence-electron chi connectivity index (χ0n) is 16.8. The molecule has 1 aromatic heterocycles. The minimum absolute atomic E-state index is 0.0763. The molecule has 7 nitrogen and oxygen atoms in total. The Morgan fingerprint density at radius 2 is 1.55 bits per heavy atom. The normalized spacial score (nSPS) is 14.5. The van der Waals surface area contributed by atoms with E-state index in [4.69, 9.17) is 0 Å². The van der Waals surface area contributed by atoms with Crippen LogP contribution >= 0.6 is 0 Å². The SMILES string of the molecule is O=S(=O)(c1ccccc1)c1ncnc2c1N=C(c1cccc(F)c1)c1ccccc1S2(=O)=O. The highest BCUT2D eigenvalue weighted by atomic mass is 32.2. The molecule has 5 rings (SSSR count). The maximum atomic E-state index is 14.0. The average Bonchev–Trinajstić information content (AvgIpc) is 2.92. The minimum atomic E-state index is -4.28. The Balaban J connectivity index is 1.90. The van der Waals surface area contributed by atoms with Gasteiger partial charge in [-0.2, -0.15) is 0 Å². The Kier molecular flexibility index (Phi) is 4.91. The van der Waals surface area contributed by atoms with Gasteiger partial charge in [0.15, 0.2) is 10.1 Å². The van der Waals surface area contributed by atoms with E-state index in [0.29, 0.717) is 0 Å². The maximum Gasteiger partial charge on any atom is 0.226 e. The van der Waals surface area contributed by atoms with Gasteiger partial charge in [0.05, 0.1) is 15.5 Å². The van der Waals surface area contributed by atoms with Gasteiger partial charge in [-0.05, 0) is 30.3 Å². The molecular weight excluding hydrogens is 465 g/mol. The van der Waals surface area contributed by atoms with Gasteiger partial charge in [-0.3, -0.25) is 0 Å². The van der Waals surface area contributed by atoms with Crippen LogP contribution in [0.15, 0.2) is 110 Å². The van der Waals surface area contributed by atoms with Crippen LogP contribution in [0.25, 0.3) is 0 Å². The zero-order chi connectivity index (χ0) is 23.2. The van der Waals surface area contributed by atoms with Crippen molar-refractivity contribution >= 4 is 31.1 Å².